The van der Waals surface area contributed by atoms with E-state index in [-0.39, 0.29) is 5.92 Å². The molecule has 0 amide bonds. The van der Waals surface area contributed by atoms with Crippen molar-refractivity contribution >= 4 is 0 Å². The topological polar surface area (TPSA) is 0 Å². The summed E-state index contributed by atoms with van der Waals surface area (Å²) in [5, 5.41) is 0. The zero-order valence-electron chi connectivity index (χ0n) is 8.69. The van der Waals surface area contributed by atoms with Crippen molar-refractivity contribution in [1.29, 1.82) is 0 Å². The predicted molar refractivity (Wildman–Crippen MR) is 63.1 cm³/mol. The Morgan fingerprint density at radius 2 is 1.93 bits per heavy atom. The van der Waals surface area contributed by atoms with Crippen molar-refractivity contribution in [3.05, 3.63) is 67.1 Å². The Bertz CT molecular complexity index is 293. The van der Waals surface area contributed by atoms with Crippen molar-refractivity contribution in [3.8, 4) is 0 Å². The third-order valence-corrected chi connectivity index (χ3v) is 2.10. The van der Waals surface area contributed by atoms with E-state index >= 15 is 0 Å². The fraction of sp³-hybridized carbons (Fsp3) is 0.214. The average Bonchev–Trinajstić information content (AvgIpc) is 2.25. The van der Waals surface area contributed by atoms with Gasteiger partial charge < -0.3 is 0 Å². The van der Waals surface area contributed by atoms with Crippen molar-refractivity contribution in [2.75, 3.05) is 0 Å². The molecule has 0 heterocycles. The molecule has 0 aliphatic heterocycles. The van der Waals surface area contributed by atoms with Crippen molar-refractivity contribution in [3.63, 3.8) is 0 Å². The lowest BCUT2D eigenvalue weighted by Crippen LogP contribution is -1.87. The molecule has 0 N–H and O–H groups in total. The molecular weight excluding hydrogens is 168 g/mol. The van der Waals surface area contributed by atoms with E-state index in [0.717, 1.165) is 6.42 Å². The summed E-state index contributed by atoms with van der Waals surface area (Å²) in [6.07, 6.45) is 9.49. The first-order valence-electron chi connectivity index (χ1n) is 5.00. The minimum Gasteiger partial charge on any atom is -0.0914 e. The molecule has 0 aliphatic carbocycles. The van der Waals surface area contributed by atoms with E-state index in [9.17, 15) is 0 Å². The first-order valence-corrected chi connectivity index (χ1v) is 5.00. The van der Waals surface area contributed by atoms with Crippen LogP contribution in [0.5, 0.6) is 0 Å². The fourth-order valence-electron chi connectivity index (χ4n) is 1.27. The largest absolute Gasteiger partial charge is 0.0914 e. The summed E-state index contributed by atoms with van der Waals surface area (Å²) < 4.78 is 0. The Balaban J connectivity index is 2.50. The van der Waals surface area contributed by atoms with Crippen LogP contribution in [-0.4, -0.2) is 0 Å². The van der Waals surface area contributed by atoms with Crippen LogP contribution in [0.2, 0.25) is 0 Å². The van der Waals surface area contributed by atoms with Gasteiger partial charge in [-0.15, -0.1) is 0 Å². The van der Waals surface area contributed by atoms with Crippen molar-refractivity contribution in [2.24, 2.45) is 0 Å². The van der Waals surface area contributed by atoms with Crippen LogP contribution in [0, 0.1) is 6.92 Å². The predicted octanol–water partition coefficient (Wildman–Crippen LogP) is 4.13. The van der Waals surface area contributed by atoms with Gasteiger partial charge in [-0.3, -0.25) is 0 Å². The number of hydrogen-bond acceptors (Lipinski definition) is 0. The molecule has 1 aromatic rings. The van der Waals surface area contributed by atoms with Crippen molar-refractivity contribution in [2.45, 2.75) is 19.3 Å². The Kier molecular flexibility index (Phi) is 4.77. The summed E-state index contributed by atoms with van der Waals surface area (Å²) in [6, 6.07) is 10.3. The molecule has 1 atom stereocenters. The van der Waals surface area contributed by atoms with Gasteiger partial charge in [0.25, 0.3) is 0 Å². The van der Waals surface area contributed by atoms with Crippen LogP contribution in [0.25, 0.3) is 0 Å². The maximum absolute atomic E-state index is 4.10. The summed E-state index contributed by atoms with van der Waals surface area (Å²) in [6.45, 7) is 6.13. The van der Waals surface area contributed by atoms with E-state index in [1.807, 2.05) is 25.1 Å². The van der Waals surface area contributed by atoms with Gasteiger partial charge in [-0.2, -0.15) is 0 Å². The second-order valence-electron chi connectivity index (χ2n) is 3.25. The fourth-order valence-corrected chi connectivity index (χ4v) is 1.27. The van der Waals surface area contributed by atoms with E-state index in [2.05, 4.69) is 43.4 Å². The second kappa shape index (κ2) is 6.20. The van der Waals surface area contributed by atoms with Crippen molar-refractivity contribution in [1.82, 2.24) is 0 Å². The number of benzene rings is 1. The smallest absolute Gasteiger partial charge is 0.00184 e. The van der Waals surface area contributed by atoms with Crippen LogP contribution in [-0.2, 0) is 0 Å². The molecule has 0 fully saturated rings. The third kappa shape index (κ3) is 3.61. The monoisotopic (exact) mass is 185 g/mol. The highest BCUT2D eigenvalue weighted by Crippen LogP contribution is 2.15. The van der Waals surface area contributed by atoms with Gasteiger partial charge in [0.15, 0.2) is 0 Å². The van der Waals surface area contributed by atoms with Gasteiger partial charge in [0.1, 0.15) is 0 Å². The maximum atomic E-state index is 4.10. The Hall–Kier alpha value is -1.30. The molecule has 0 saturated heterocycles. The van der Waals surface area contributed by atoms with E-state index in [1.54, 1.807) is 0 Å². The first-order chi connectivity index (χ1) is 6.84. The maximum Gasteiger partial charge on any atom is 0.00184 e. The molecule has 1 aromatic carbocycles. The molecule has 0 bridgehead atoms. The summed E-state index contributed by atoms with van der Waals surface area (Å²) in [7, 11) is 0. The summed E-state index contributed by atoms with van der Waals surface area (Å²) in [5.74, 6) is 0.265. The van der Waals surface area contributed by atoms with Gasteiger partial charge in [0.05, 0.1) is 0 Å². The summed E-state index contributed by atoms with van der Waals surface area (Å²) >= 11 is 0. The number of rotatable bonds is 4. The SMILES string of the molecule is [CH2]C(C=CCC=CC)c1ccccc1. The lowest BCUT2D eigenvalue weighted by molar-refractivity contribution is 1.07. The van der Waals surface area contributed by atoms with Crippen molar-refractivity contribution < 1.29 is 0 Å². The number of allylic oxidation sites excluding steroid dienone is 4. The van der Waals surface area contributed by atoms with Gasteiger partial charge in [-0.05, 0) is 25.8 Å². The highest BCUT2D eigenvalue weighted by molar-refractivity contribution is 5.24. The molecule has 1 rings (SSSR count). The minimum absolute atomic E-state index is 0.265. The molecule has 0 saturated carbocycles. The normalized spacial score (nSPS) is 13.9. The van der Waals surface area contributed by atoms with Gasteiger partial charge in [0.2, 0.25) is 0 Å². The first kappa shape index (κ1) is 10.8. The van der Waals surface area contributed by atoms with E-state index < -0.39 is 0 Å². The van der Waals surface area contributed by atoms with Gasteiger partial charge >= 0.3 is 0 Å². The number of hydrogen-bond donors (Lipinski definition) is 0. The molecule has 1 unspecified atom stereocenters. The molecule has 0 nitrogen and oxygen atoms in total. The Morgan fingerprint density at radius 3 is 2.57 bits per heavy atom. The third-order valence-electron chi connectivity index (χ3n) is 2.10. The van der Waals surface area contributed by atoms with Gasteiger partial charge in [0, 0.05) is 5.92 Å². The van der Waals surface area contributed by atoms with Crippen LogP contribution < -0.4 is 0 Å². The zero-order valence-corrected chi connectivity index (χ0v) is 8.69. The average molecular weight is 185 g/mol. The molecular formula is C14H17. The quantitative estimate of drug-likeness (QED) is 0.619. The summed E-state index contributed by atoms with van der Waals surface area (Å²) in [5.41, 5.74) is 1.27. The van der Waals surface area contributed by atoms with Gasteiger partial charge in [-0.25, -0.2) is 0 Å². The minimum atomic E-state index is 0.265. The van der Waals surface area contributed by atoms with Crippen LogP contribution in [0.1, 0.15) is 24.8 Å². The van der Waals surface area contributed by atoms with Crippen LogP contribution in [0.4, 0.5) is 0 Å². The van der Waals surface area contributed by atoms with Crippen LogP contribution >= 0.6 is 0 Å². The van der Waals surface area contributed by atoms with Gasteiger partial charge in [-0.1, -0.05) is 54.6 Å². The molecule has 1 radical (unpaired) electrons. The molecule has 14 heavy (non-hydrogen) atoms. The highest BCUT2D eigenvalue weighted by atomic mass is 14.0. The molecule has 0 spiro atoms. The Morgan fingerprint density at radius 1 is 1.21 bits per heavy atom. The van der Waals surface area contributed by atoms with Crippen LogP contribution in [0.15, 0.2) is 54.6 Å². The summed E-state index contributed by atoms with van der Waals surface area (Å²) in [4.78, 5) is 0. The molecule has 0 aliphatic rings. The molecule has 0 aromatic heterocycles. The lowest BCUT2D eigenvalue weighted by atomic mass is 10.0. The van der Waals surface area contributed by atoms with E-state index in [0.29, 0.717) is 0 Å². The standard InChI is InChI=1S/C14H17/c1-3-4-5-7-10-13(2)14-11-8-6-9-12-14/h3-4,6-13H,2,5H2,1H3. The van der Waals surface area contributed by atoms with E-state index in [1.165, 1.54) is 5.56 Å². The Labute approximate surface area is 87.0 Å². The van der Waals surface area contributed by atoms with Crippen LogP contribution in [0.3, 0.4) is 0 Å². The lowest BCUT2D eigenvalue weighted by Gasteiger charge is -2.04. The van der Waals surface area contributed by atoms with E-state index in [4.69, 9.17) is 0 Å². The molecule has 0 heteroatoms. The molecule has 73 valence electrons. The second-order valence-corrected chi connectivity index (χ2v) is 3.25. The highest BCUT2D eigenvalue weighted by Gasteiger charge is 1.97. The zero-order chi connectivity index (χ0) is 10.2.